The predicted molar refractivity (Wildman–Crippen MR) is 60.6 cm³/mol. The lowest BCUT2D eigenvalue weighted by Gasteiger charge is -2.13. The van der Waals surface area contributed by atoms with Gasteiger partial charge in [-0.25, -0.2) is 0 Å². The average molecular weight is 224 g/mol. The second-order valence-corrected chi connectivity index (χ2v) is 4.04. The van der Waals surface area contributed by atoms with Crippen molar-refractivity contribution in [3.63, 3.8) is 0 Å². The second kappa shape index (κ2) is 4.29. The molecule has 0 aliphatic carbocycles. The van der Waals surface area contributed by atoms with E-state index in [4.69, 9.17) is 21.3 Å². The molecule has 0 spiro atoms. The third-order valence-corrected chi connectivity index (χ3v) is 2.89. The minimum absolute atomic E-state index is 0.178. The van der Waals surface area contributed by atoms with E-state index in [0.29, 0.717) is 17.8 Å². The van der Waals surface area contributed by atoms with E-state index in [9.17, 15) is 5.11 Å². The van der Waals surface area contributed by atoms with Gasteiger partial charge in [0.05, 0.1) is 30.2 Å². The second-order valence-electron chi connectivity index (χ2n) is 4.04. The van der Waals surface area contributed by atoms with Crippen LogP contribution in [-0.4, -0.2) is 29.0 Å². The summed E-state index contributed by atoms with van der Waals surface area (Å²) in [5.41, 5.74) is 13.2. The molecule has 0 unspecified atom stereocenters. The highest BCUT2D eigenvalue weighted by atomic mass is 16.5. The van der Waals surface area contributed by atoms with E-state index in [0.717, 1.165) is 5.56 Å². The first-order valence-corrected chi connectivity index (χ1v) is 5.21. The average Bonchev–Trinajstić information content (AvgIpc) is 2.64. The number of anilines is 2. The van der Waals surface area contributed by atoms with Gasteiger partial charge in [0.2, 0.25) is 0 Å². The highest BCUT2D eigenvalue weighted by Crippen LogP contribution is 2.34. The lowest BCUT2D eigenvalue weighted by Crippen LogP contribution is -2.24. The van der Waals surface area contributed by atoms with Crippen LogP contribution in [-0.2, 0) is 4.74 Å². The number of aliphatic hydroxyl groups excluding tert-OH is 2. The summed E-state index contributed by atoms with van der Waals surface area (Å²) in [6.45, 7) is -0.178. The molecule has 16 heavy (non-hydrogen) atoms. The summed E-state index contributed by atoms with van der Waals surface area (Å²) in [6.07, 6.45) is -0.901. The Kier molecular flexibility index (Phi) is 3.00. The quantitative estimate of drug-likeness (QED) is 0.531. The van der Waals surface area contributed by atoms with Gasteiger partial charge in [-0.3, -0.25) is 0 Å². The summed E-state index contributed by atoms with van der Waals surface area (Å²) in [6, 6.07) is 5.28. The molecule has 0 radical (unpaired) electrons. The molecule has 1 fully saturated rings. The van der Waals surface area contributed by atoms with Crippen LogP contribution in [0.15, 0.2) is 18.2 Å². The Labute approximate surface area is 93.6 Å². The largest absolute Gasteiger partial charge is 0.397 e. The van der Waals surface area contributed by atoms with Crippen LogP contribution in [0.5, 0.6) is 0 Å². The number of nitrogens with two attached hydrogens (primary N) is 2. The van der Waals surface area contributed by atoms with Gasteiger partial charge < -0.3 is 26.4 Å². The van der Waals surface area contributed by atoms with Gasteiger partial charge in [0.15, 0.2) is 0 Å². The molecular formula is C11H16N2O3. The van der Waals surface area contributed by atoms with E-state index in [1.807, 2.05) is 6.07 Å². The van der Waals surface area contributed by atoms with Crippen LogP contribution >= 0.6 is 0 Å². The van der Waals surface area contributed by atoms with Crippen LogP contribution in [0.25, 0.3) is 0 Å². The third kappa shape index (κ3) is 1.97. The Morgan fingerprint density at radius 3 is 2.62 bits per heavy atom. The number of rotatable bonds is 2. The Balaban J connectivity index is 2.17. The van der Waals surface area contributed by atoms with Gasteiger partial charge in [-0.15, -0.1) is 0 Å². The molecule has 3 atom stereocenters. The van der Waals surface area contributed by atoms with Crippen molar-refractivity contribution in [2.24, 2.45) is 0 Å². The molecule has 1 aromatic rings. The molecule has 1 saturated heterocycles. The molecular weight excluding hydrogens is 208 g/mol. The van der Waals surface area contributed by atoms with Crippen molar-refractivity contribution < 1.29 is 14.9 Å². The van der Waals surface area contributed by atoms with Gasteiger partial charge in [0.1, 0.15) is 6.10 Å². The highest BCUT2D eigenvalue weighted by molar-refractivity contribution is 5.64. The number of hydrogen-bond donors (Lipinski definition) is 4. The topological polar surface area (TPSA) is 102 Å². The first-order valence-electron chi connectivity index (χ1n) is 5.21. The zero-order valence-electron chi connectivity index (χ0n) is 8.84. The van der Waals surface area contributed by atoms with Crippen molar-refractivity contribution >= 4 is 11.4 Å². The molecule has 2 rings (SSSR count). The minimum atomic E-state index is -0.631. The molecule has 6 N–H and O–H groups in total. The summed E-state index contributed by atoms with van der Waals surface area (Å²) in [5, 5.41) is 18.6. The smallest absolute Gasteiger partial charge is 0.107 e. The van der Waals surface area contributed by atoms with E-state index < -0.39 is 12.2 Å². The number of hydrogen-bond acceptors (Lipinski definition) is 5. The van der Waals surface area contributed by atoms with E-state index >= 15 is 0 Å². The van der Waals surface area contributed by atoms with E-state index in [1.165, 1.54) is 0 Å². The van der Waals surface area contributed by atoms with Crippen LogP contribution in [0.4, 0.5) is 11.4 Å². The number of aliphatic hydroxyl groups is 2. The maximum absolute atomic E-state index is 9.60. The zero-order chi connectivity index (χ0) is 11.7. The summed E-state index contributed by atoms with van der Waals surface area (Å²) >= 11 is 0. The van der Waals surface area contributed by atoms with Crippen molar-refractivity contribution in [3.05, 3.63) is 23.8 Å². The van der Waals surface area contributed by atoms with E-state index in [2.05, 4.69) is 0 Å². The van der Waals surface area contributed by atoms with Crippen molar-refractivity contribution in [2.75, 3.05) is 18.1 Å². The fourth-order valence-corrected chi connectivity index (χ4v) is 1.90. The van der Waals surface area contributed by atoms with Crippen molar-refractivity contribution in [2.45, 2.75) is 24.7 Å². The van der Waals surface area contributed by atoms with E-state index in [-0.39, 0.29) is 12.7 Å². The molecule has 1 aliphatic heterocycles. The van der Waals surface area contributed by atoms with Gasteiger partial charge in [-0.1, -0.05) is 6.07 Å². The molecule has 1 aromatic carbocycles. The van der Waals surface area contributed by atoms with Crippen LogP contribution in [0, 0.1) is 0 Å². The zero-order valence-corrected chi connectivity index (χ0v) is 8.84. The Hall–Kier alpha value is -1.30. The normalized spacial score (nSPS) is 29.5. The van der Waals surface area contributed by atoms with Gasteiger partial charge in [-0.05, 0) is 17.7 Å². The fraction of sp³-hybridized carbons (Fsp3) is 0.455. The molecule has 5 heteroatoms. The Morgan fingerprint density at radius 2 is 2.06 bits per heavy atom. The van der Waals surface area contributed by atoms with Crippen molar-refractivity contribution in [1.29, 1.82) is 0 Å². The van der Waals surface area contributed by atoms with Crippen LogP contribution < -0.4 is 11.5 Å². The molecule has 0 amide bonds. The summed E-state index contributed by atoms with van der Waals surface area (Å²) in [5.74, 6) is 0. The summed E-state index contributed by atoms with van der Waals surface area (Å²) in [4.78, 5) is 0. The molecule has 1 heterocycles. The third-order valence-electron chi connectivity index (χ3n) is 2.89. The van der Waals surface area contributed by atoms with Crippen LogP contribution in [0.2, 0.25) is 0 Å². The van der Waals surface area contributed by atoms with Gasteiger partial charge in [0, 0.05) is 6.42 Å². The highest BCUT2D eigenvalue weighted by Gasteiger charge is 2.34. The lowest BCUT2D eigenvalue weighted by molar-refractivity contribution is -0.0225. The van der Waals surface area contributed by atoms with Crippen molar-refractivity contribution in [3.8, 4) is 0 Å². The van der Waals surface area contributed by atoms with E-state index in [1.54, 1.807) is 12.1 Å². The SMILES string of the molecule is Nc1ccc([C@H]2C[C@H](O)[C@@H](CO)O2)cc1N. The summed E-state index contributed by atoms with van der Waals surface area (Å²) < 4.78 is 5.51. The molecule has 5 nitrogen and oxygen atoms in total. The fourth-order valence-electron chi connectivity index (χ4n) is 1.90. The molecule has 0 saturated carbocycles. The number of benzene rings is 1. The van der Waals surface area contributed by atoms with Crippen molar-refractivity contribution in [1.82, 2.24) is 0 Å². The standard InChI is InChI=1S/C11H16N2O3/c12-7-2-1-6(3-8(7)13)10-4-9(15)11(5-14)16-10/h1-3,9-11,14-15H,4-5,12-13H2/t9-,10+,11+/m0/s1. The molecule has 0 bridgehead atoms. The Bertz CT molecular complexity index is 383. The summed E-state index contributed by atoms with van der Waals surface area (Å²) in [7, 11) is 0. The maximum atomic E-state index is 9.60. The first kappa shape index (κ1) is 11.2. The first-order chi connectivity index (χ1) is 7.61. The van der Waals surface area contributed by atoms with Gasteiger partial charge in [0.25, 0.3) is 0 Å². The van der Waals surface area contributed by atoms with Gasteiger partial charge in [-0.2, -0.15) is 0 Å². The van der Waals surface area contributed by atoms with Crippen LogP contribution in [0.3, 0.4) is 0 Å². The molecule has 88 valence electrons. The molecule has 1 aliphatic rings. The maximum Gasteiger partial charge on any atom is 0.107 e. The number of nitrogen functional groups attached to an aromatic ring is 2. The predicted octanol–water partition coefficient (Wildman–Crippen LogP) is 0.0342. The van der Waals surface area contributed by atoms with Gasteiger partial charge >= 0.3 is 0 Å². The Morgan fingerprint density at radius 1 is 1.31 bits per heavy atom. The van der Waals surface area contributed by atoms with Crippen LogP contribution in [0.1, 0.15) is 18.1 Å². The molecule has 0 aromatic heterocycles. The lowest BCUT2D eigenvalue weighted by atomic mass is 10.0. The number of ether oxygens (including phenoxy) is 1. The monoisotopic (exact) mass is 224 g/mol. The minimum Gasteiger partial charge on any atom is -0.397 e.